The van der Waals surface area contributed by atoms with Crippen LogP contribution in [-0.2, 0) is 6.42 Å². The Kier molecular flexibility index (Phi) is 13.5. The Morgan fingerprint density at radius 1 is 0.800 bits per heavy atom. The number of unbranched alkanes of at least 4 members (excludes halogenated alkanes) is 1. The van der Waals surface area contributed by atoms with Crippen molar-refractivity contribution in [3.63, 3.8) is 0 Å². The Bertz CT molecular complexity index is 718. The summed E-state index contributed by atoms with van der Waals surface area (Å²) in [7, 11) is 0. The van der Waals surface area contributed by atoms with Gasteiger partial charge >= 0.3 is 0 Å². The lowest BCUT2D eigenvalue weighted by atomic mass is 10.1. The van der Waals surface area contributed by atoms with Crippen molar-refractivity contribution < 1.29 is 4.74 Å². The summed E-state index contributed by atoms with van der Waals surface area (Å²) in [5, 5.41) is 0. The third kappa shape index (κ3) is 8.69. The normalized spacial score (nSPS) is 9.50. The van der Waals surface area contributed by atoms with Gasteiger partial charge in [-0.3, -0.25) is 4.98 Å². The molecule has 3 heteroatoms. The first-order valence-electron chi connectivity index (χ1n) is 11.3. The van der Waals surface area contributed by atoms with Gasteiger partial charge in [-0.05, 0) is 54.8 Å². The van der Waals surface area contributed by atoms with Crippen LogP contribution in [0.5, 0.6) is 5.75 Å². The summed E-state index contributed by atoms with van der Waals surface area (Å²) in [6.07, 6.45) is 7.28. The first-order chi connectivity index (χ1) is 14.9. The number of aromatic nitrogens is 1. The van der Waals surface area contributed by atoms with Gasteiger partial charge in [-0.2, -0.15) is 0 Å². The molecule has 0 N–H and O–H groups in total. The number of ether oxygens (including phenoxy) is 1. The monoisotopic (exact) mass is 406 g/mol. The first-order valence-corrected chi connectivity index (χ1v) is 11.3. The van der Waals surface area contributed by atoms with Gasteiger partial charge in [-0.15, -0.1) is 0 Å². The molecule has 1 heterocycles. The van der Waals surface area contributed by atoms with Gasteiger partial charge in [-0.1, -0.05) is 71.4 Å². The van der Waals surface area contributed by atoms with Crippen LogP contribution < -0.4 is 9.64 Å². The molecule has 0 radical (unpaired) electrons. The summed E-state index contributed by atoms with van der Waals surface area (Å²) in [6, 6.07) is 22.9. The van der Waals surface area contributed by atoms with Crippen molar-refractivity contribution in [2.75, 3.05) is 18.1 Å². The molecule has 0 aliphatic carbocycles. The zero-order valence-electron chi connectivity index (χ0n) is 19.3. The van der Waals surface area contributed by atoms with Crippen molar-refractivity contribution in [1.82, 2.24) is 4.98 Å². The molecule has 3 aromatic rings. The number of nitrogens with zero attached hydrogens (tertiary/aromatic N) is 2. The zero-order valence-corrected chi connectivity index (χ0v) is 19.3. The number of hydrogen-bond acceptors (Lipinski definition) is 3. The van der Waals surface area contributed by atoms with Crippen molar-refractivity contribution >= 4 is 11.4 Å². The van der Waals surface area contributed by atoms with Gasteiger partial charge in [-0.25, -0.2) is 0 Å². The molecule has 3 rings (SSSR count). The molecule has 0 amide bonds. The predicted octanol–water partition coefficient (Wildman–Crippen LogP) is 7.69. The number of benzene rings is 2. The summed E-state index contributed by atoms with van der Waals surface area (Å²) in [5.74, 6) is 0.921. The predicted molar refractivity (Wildman–Crippen MR) is 131 cm³/mol. The second-order valence-electron chi connectivity index (χ2n) is 6.29. The molecule has 0 spiro atoms. The minimum absolute atomic E-state index is 0.609. The number of pyridine rings is 1. The van der Waals surface area contributed by atoms with Gasteiger partial charge < -0.3 is 9.64 Å². The number of para-hydroxylation sites is 1. The minimum Gasteiger partial charge on any atom is -0.492 e. The van der Waals surface area contributed by atoms with Crippen LogP contribution in [0.4, 0.5) is 11.4 Å². The van der Waals surface area contributed by atoms with Gasteiger partial charge in [0.05, 0.1) is 18.4 Å². The molecular formula is C27H38N2O. The average Bonchev–Trinajstić information content (AvgIpc) is 2.85. The molecule has 162 valence electrons. The highest BCUT2D eigenvalue weighted by Crippen LogP contribution is 2.24. The van der Waals surface area contributed by atoms with Crippen LogP contribution >= 0.6 is 0 Å². The van der Waals surface area contributed by atoms with Crippen LogP contribution in [-0.4, -0.2) is 18.1 Å². The summed E-state index contributed by atoms with van der Waals surface area (Å²) in [6.45, 7) is 11.6. The van der Waals surface area contributed by atoms with E-state index in [0.29, 0.717) is 6.61 Å². The van der Waals surface area contributed by atoms with Gasteiger partial charge in [0.15, 0.2) is 0 Å². The van der Waals surface area contributed by atoms with Crippen LogP contribution in [0.3, 0.4) is 0 Å². The molecule has 0 saturated carbocycles. The molecule has 0 aliphatic rings. The maximum absolute atomic E-state index is 5.98. The standard InChI is InChI=1S/C23H26N2O.2C2H6/c1-2-3-8-20-12-14-23(15-13-20)26-18-17-25(21-9-5-4-6-10-21)22-11-7-16-24-19-22;2*1-2/h4-7,9-16,19H,2-3,8,17-18H2,1H3;2*1-2H3. The van der Waals surface area contributed by atoms with Crippen LogP contribution in [0.25, 0.3) is 0 Å². The minimum atomic E-state index is 0.609. The van der Waals surface area contributed by atoms with Crippen LogP contribution in [0.1, 0.15) is 53.0 Å². The number of rotatable bonds is 9. The summed E-state index contributed by atoms with van der Waals surface area (Å²) in [5.41, 5.74) is 3.58. The summed E-state index contributed by atoms with van der Waals surface area (Å²) in [4.78, 5) is 6.47. The van der Waals surface area contributed by atoms with Gasteiger partial charge in [0, 0.05) is 11.9 Å². The molecular weight excluding hydrogens is 368 g/mol. The molecule has 0 atom stereocenters. The average molecular weight is 407 g/mol. The molecule has 30 heavy (non-hydrogen) atoms. The third-order valence-corrected chi connectivity index (χ3v) is 4.35. The maximum Gasteiger partial charge on any atom is 0.119 e. The maximum atomic E-state index is 5.98. The lowest BCUT2D eigenvalue weighted by molar-refractivity contribution is 0.327. The van der Waals surface area contributed by atoms with E-state index in [-0.39, 0.29) is 0 Å². The fourth-order valence-corrected chi connectivity index (χ4v) is 2.92. The van der Waals surface area contributed by atoms with Gasteiger partial charge in [0.2, 0.25) is 0 Å². The van der Waals surface area contributed by atoms with E-state index in [1.807, 2.05) is 46.0 Å². The van der Waals surface area contributed by atoms with Crippen LogP contribution in [0.15, 0.2) is 79.1 Å². The molecule has 0 fully saturated rings. The highest BCUT2D eigenvalue weighted by atomic mass is 16.5. The molecule has 3 nitrogen and oxygen atoms in total. The molecule has 0 saturated heterocycles. The van der Waals surface area contributed by atoms with Crippen LogP contribution in [0.2, 0.25) is 0 Å². The van der Waals surface area contributed by atoms with Crippen LogP contribution in [0, 0.1) is 0 Å². The Labute approximate surface area is 183 Å². The van der Waals surface area contributed by atoms with E-state index in [4.69, 9.17) is 4.74 Å². The molecule has 2 aromatic carbocycles. The second-order valence-corrected chi connectivity index (χ2v) is 6.29. The van der Waals surface area contributed by atoms with Crippen molar-refractivity contribution in [2.24, 2.45) is 0 Å². The van der Waals surface area contributed by atoms with E-state index in [0.717, 1.165) is 30.1 Å². The van der Waals surface area contributed by atoms with E-state index >= 15 is 0 Å². The lowest BCUT2D eigenvalue weighted by Gasteiger charge is -2.24. The Morgan fingerprint density at radius 3 is 2.07 bits per heavy atom. The molecule has 0 aliphatic heterocycles. The van der Waals surface area contributed by atoms with Gasteiger partial charge in [0.25, 0.3) is 0 Å². The SMILES string of the molecule is CC.CC.CCCCc1ccc(OCCN(c2ccccc2)c2cccnc2)cc1. The number of hydrogen-bond donors (Lipinski definition) is 0. The lowest BCUT2D eigenvalue weighted by Crippen LogP contribution is -2.23. The highest BCUT2D eigenvalue weighted by molar-refractivity contribution is 5.62. The smallest absolute Gasteiger partial charge is 0.119 e. The topological polar surface area (TPSA) is 25.4 Å². The van der Waals surface area contributed by atoms with Crippen molar-refractivity contribution in [1.29, 1.82) is 0 Å². The Balaban J connectivity index is 0.00000106. The number of aryl methyl sites for hydroxylation is 1. The second kappa shape index (κ2) is 16.0. The Hall–Kier alpha value is -2.81. The quantitative estimate of drug-likeness (QED) is 0.364. The first kappa shape index (κ1) is 25.2. The van der Waals surface area contributed by atoms with Gasteiger partial charge in [0.1, 0.15) is 12.4 Å². The van der Waals surface area contributed by atoms with E-state index < -0.39 is 0 Å². The van der Waals surface area contributed by atoms with E-state index in [1.165, 1.54) is 18.4 Å². The number of anilines is 2. The van der Waals surface area contributed by atoms with E-state index in [2.05, 4.69) is 71.4 Å². The molecule has 0 unspecified atom stereocenters. The van der Waals surface area contributed by atoms with E-state index in [1.54, 1.807) is 6.20 Å². The Morgan fingerprint density at radius 2 is 1.47 bits per heavy atom. The summed E-state index contributed by atoms with van der Waals surface area (Å²) >= 11 is 0. The van der Waals surface area contributed by atoms with Crippen molar-refractivity contribution in [3.8, 4) is 5.75 Å². The van der Waals surface area contributed by atoms with Crippen molar-refractivity contribution in [3.05, 3.63) is 84.7 Å². The highest BCUT2D eigenvalue weighted by Gasteiger charge is 2.09. The zero-order chi connectivity index (χ0) is 22.0. The fraction of sp³-hybridized carbons (Fsp3) is 0.370. The third-order valence-electron chi connectivity index (χ3n) is 4.35. The summed E-state index contributed by atoms with van der Waals surface area (Å²) < 4.78 is 5.98. The van der Waals surface area contributed by atoms with Crippen molar-refractivity contribution in [2.45, 2.75) is 53.9 Å². The fourth-order valence-electron chi connectivity index (χ4n) is 2.92. The molecule has 1 aromatic heterocycles. The van der Waals surface area contributed by atoms with E-state index in [9.17, 15) is 0 Å². The largest absolute Gasteiger partial charge is 0.492 e. The molecule has 0 bridgehead atoms.